The van der Waals surface area contributed by atoms with Gasteiger partial charge in [-0.25, -0.2) is 0 Å². The van der Waals surface area contributed by atoms with Crippen LogP contribution in [0.1, 0.15) is 40.0 Å². The molecule has 0 bridgehead atoms. The van der Waals surface area contributed by atoms with Gasteiger partial charge < -0.3 is 10.2 Å². The molecular formula is C15H27N3O. The number of nitrogens with zero attached hydrogens (tertiary/aromatic N) is 2. The van der Waals surface area contributed by atoms with Gasteiger partial charge in [-0.2, -0.15) is 0 Å². The lowest BCUT2D eigenvalue weighted by Gasteiger charge is -2.35. The lowest BCUT2D eigenvalue weighted by molar-refractivity contribution is -0.138. The molecule has 3 rings (SSSR count). The Labute approximate surface area is 116 Å². The van der Waals surface area contributed by atoms with E-state index in [0.29, 0.717) is 30.0 Å². The monoisotopic (exact) mass is 265 g/mol. The lowest BCUT2D eigenvalue weighted by Crippen LogP contribution is -2.52. The van der Waals surface area contributed by atoms with E-state index >= 15 is 0 Å². The van der Waals surface area contributed by atoms with Crippen molar-refractivity contribution in [2.45, 2.75) is 64.2 Å². The molecule has 3 aliphatic rings. The van der Waals surface area contributed by atoms with Crippen molar-refractivity contribution in [3.8, 4) is 0 Å². The van der Waals surface area contributed by atoms with E-state index in [2.05, 4.69) is 35.9 Å². The largest absolute Gasteiger partial charge is 0.337 e. The fraction of sp³-hybridized carbons (Fsp3) is 0.933. The first-order valence-corrected chi connectivity index (χ1v) is 7.88. The van der Waals surface area contributed by atoms with Crippen LogP contribution in [0.5, 0.6) is 0 Å². The predicted molar refractivity (Wildman–Crippen MR) is 75.9 cm³/mol. The van der Waals surface area contributed by atoms with E-state index < -0.39 is 0 Å². The molecule has 0 aromatic rings. The number of nitrogens with one attached hydrogen (secondary N) is 1. The van der Waals surface area contributed by atoms with Crippen LogP contribution in [-0.4, -0.2) is 59.5 Å². The SMILES string of the molecule is CC1CCC(C)N1C(C)C(=O)N1CC[C@H]2CNC[C@H]21. The van der Waals surface area contributed by atoms with Crippen LogP contribution >= 0.6 is 0 Å². The second-order valence-electron chi connectivity index (χ2n) is 6.70. The van der Waals surface area contributed by atoms with Gasteiger partial charge >= 0.3 is 0 Å². The molecule has 0 radical (unpaired) electrons. The Bertz CT molecular complexity index is 349. The Hall–Kier alpha value is -0.610. The summed E-state index contributed by atoms with van der Waals surface area (Å²) in [5.74, 6) is 1.06. The summed E-state index contributed by atoms with van der Waals surface area (Å²) < 4.78 is 0. The van der Waals surface area contributed by atoms with E-state index in [0.717, 1.165) is 19.6 Å². The Morgan fingerprint density at radius 3 is 2.53 bits per heavy atom. The minimum atomic E-state index is 0.0480. The zero-order valence-corrected chi connectivity index (χ0v) is 12.4. The molecule has 3 unspecified atom stereocenters. The second-order valence-corrected chi connectivity index (χ2v) is 6.70. The van der Waals surface area contributed by atoms with E-state index in [1.807, 2.05) is 0 Å². The minimum absolute atomic E-state index is 0.0480. The Morgan fingerprint density at radius 2 is 1.84 bits per heavy atom. The number of carbonyl (C=O) groups excluding carboxylic acids is 1. The summed E-state index contributed by atoms with van der Waals surface area (Å²) in [6.07, 6.45) is 3.64. The van der Waals surface area contributed by atoms with Gasteiger partial charge in [0.05, 0.1) is 6.04 Å². The number of amides is 1. The maximum absolute atomic E-state index is 12.8. The summed E-state index contributed by atoms with van der Waals surface area (Å²) in [6.45, 7) is 9.69. The zero-order chi connectivity index (χ0) is 13.6. The Balaban J connectivity index is 1.69. The van der Waals surface area contributed by atoms with Gasteiger partial charge in [0.1, 0.15) is 0 Å². The van der Waals surface area contributed by atoms with Gasteiger partial charge in [0.25, 0.3) is 0 Å². The average molecular weight is 265 g/mol. The van der Waals surface area contributed by atoms with Gasteiger partial charge in [0.15, 0.2) is 0 Å². The normalized spacial score (nSPS) is 40.7. The van der Waals surface area contributed by atoms with Gasteiger partial charge in [0.2, 0.25) is 5.91 Å². The van der Waals surface area contributed by atoms with E-state index in [1.165, 1.54) is 19.3 Å². The first kappa shape index (κ1) is 13.4. The standard InChI is InChI=1S/C15H27N3O/c1-10-4-5-11(2)18(10)12(3)15(19)17-7-6-13-8-16-9-14(13)17/h10-14,16H,4-9H2,1-3H3/t10?,11?,12?,13-,14+/m0/s1. The average Bonchev–Trinajstić information content (AvgIpc) is 3.04. The van der Waals surface area contributed by atoms with Crippen LogP contribution in [0.3, 0.4) is 0 Å². The Kier molecular flexibility index (Phi) is 3.56. The highest BCUT2D eigenvalue weighted by atomic mass is 16.2. The van der Waals surface area contributed by atoms with Gasteiger partial charge in [0, 0.05) is 37.8 Å². The molecule has 0 saturated carbocycles. The van der Waals surface area contributed by atoms with Crippen molar-refractivity contribution < 1.29 is 4.79 Å². The topological polar surface area (TPSA) is 35.6 Å². The number of hydrogen-bond donors (Lipinski definition) is 1. The second kappa shape index (κ2) is 5.06. The molecular weight excluding hydrogens is 238 g/mol. The highest BCUT2D eigenvalue weighted by molar-refractivity contribution is 5.82. The zero-order valence-electron chi connectivity index (χ0n) is 12.4. The third-order valence-corrected chi connectivity index (χ3v) is 5.55. The third-order valence-electron chi connectivity index (χ3n) is 5.55. The van der Waals surface area contributed by atoms with E-state index in [9.17, 15) is 4.79 Å². The molecule has 3 aliphatic heterocycles. The molecule has 108 valence electrons. The molecule has 1 N–H and O–H groups in total. The summed E-state index contributed by atoms with van der Waals surface area (Å²) in [6, 6.07) is 1.61. The van der Waals surface area contributed by atoms with Gasteiger partial charge in [-0.1, -0.05) is 0 Å². The van der Waals surface area contributed by atoms with E-state index in [4.69, 9.17) is 0 Å². The highest BCUT2D eigenvalue weighted by Gasteiger charge is 2.43. The van der Waals surface area contributed by atoms with E-state index in [1.54, 1.807) is 0 Å². The molecule has 0 aromatic carbocycles. The van der Waals surface area contributed by atoms with Crippen molar-refractivity contribution in [3.63, 3.8) is 0 Å². The van der Waals surface area contributed by atoms with Crippen LogP contribution in [-0.2, 0) is 4.79 Å². The maximum atomic E-state index is 12.8. The van der Waals surface area contributed by atoms with Gasteiger partial charge in [-0.05, 0) is 46.0 Å². The quantitative estimate of drug-likeness (QED) is 0.811. The summed E-state index contributed by atoms with van der Waals surface area (Å²) >= 11 is 0. The smallest absolute Gasteiger partial charge is 0.239 e. The van der Waals surface area contributed by atoms with Crippen molar-refractivity contribution in [2.75, 3.05) is 19.6 Å². The van der Waals surface area contributed by atoms with Crippen LogP contribution in [0.4, 0.5) is 0 Å². The minimum Gasteiger partial charge on any atom is -0.337 e. The highest BCUT2D eigenvalue weighted by Crippen LogP contribution is 2.31. The molecule has 0 aromatic heterocycles. The molecule has 5 atom stereocenters. The number of carbonyl (C=O) groups is 1. The first-order chi connectivity index (χ1) is 9.09. The molecule has 3 saturated heterocycles. The predicted octanol–water partition coefficient (Wildman–Crippen LogP) is 1.07. The van der Waals surface area contributed by atoms with Crippen LogP contribution < -0.4 is 5.32 Å². The van der Waals surface area contributed by atoms with Crippen LogP contribution in [0.15, 0.2) is 0 Å². The molecule has 0 aliphatic carbocycles. The maximum Gasteiger partial charge on any atom is 0.239 e. The fourth-order valence-electron chi connectivity index (χ4n) is 4.47. The summed E-state index contributed by atoms with van der Waals surface area (Å²) in [4.78, 5) is 17.4. The summed E-state index contributed by atoms with van der Waals surface area (Å²) in [7, 11) is 0. The van der Waals surface area contributed by atoms with Crippen molar-refractivity contribution in [3.05, 3.63) is 0 Å². The first-order valence-electron chi connectivity index (χ1n) is 7.88. The van der Waals surface area contributed by atoms with Crippen LogP contribution in [0.2, 0.25) is 0 Å². The van der Waals surface area contributed by atoms with Gasteiger partial charge in [-0.3, -0.25) is 9.69 Å². The number of hydrogen-bond acceptors (Lipinski definition) is 3. The molecule has 19 heavy (non-hydrogen) atoms. The lowest BCUT2D eigenvalue weighted by atomic mass is 10.0. The third kappa shape index (κ3) is 2.19. The molecule has 4 heteroatoms. The van der Waals surface area contributed by atoms with Crippen molar-refractivity contribution >= 4 is 5.91 Å². The molecule has 3 heterocycles. The number of fused-ring (bicyclic) bond motifs is 1. The molecule has 3 fully saturated rings. The van der Waals surface area contributed by atoms with Crippen molar-refractivity contribution in [2.24, 2.45) is 5.92 Å². The van der Waals surface area contributed by atoms with E-state index in [-0.39, 0.29) is 6.04 Å². The number of likely N-dealkylation sites (tertiary alicyclic amines) is 2. The van der Waals surface area contributed by atoms with Crippen LogP contribution in [0.25, 0.3) is 0 Å². The molecule has 0 spiro atoms. The summed E-state index contributed by atoms with van der Waals surface area (Å²) in [5.41, 5.74) is 0. The Morgan fingerprint density at radius 1 is 1.16 bits per heavy atom. The number of rotatable bonds is 2. The van der Waals surface area contributed by atoms with Crippen molar-refractivity contribution in [1.82, 2.24) is 15.1 Å². The fourth-order valence-corrected chi connectivity index (χ4v) is 4.47. The van der Waals surface area contributed by atoms with Crippen molar-refractivity contribution in [1.29, 1.82) is 0 Å². The summed E-state index contributed by atoms with van der Waals surface area (Å²) in [5, 5.41) is 3.43. The van der Waals surface area contributed by atoms with Gasteiger partial charge in [-0.15, -0.1) is 0 Å². The van der Waals surface area contributed by atoms with Crippen LogP contribution in [0, 0.1) is 5.92 Å². The molecule has 4 nitrogen and oxygen atoms in total. The molecule has 1 amide bonds.